The van der Waals surface area contributed by atoms with Gasteiger partial charge in [-0.3, -0.25) is 9.59 Å². The molecule has 0 spiro atoms. The second-order valence-electron chi connectivity index (χ2n) is 12.1. The van der Waals surface area contributed by atoms with Gasteiger partial charge in [-0.15, -0.1) is 0 Å². The summed E-state index contributed by atoms with van der Waals surface area (Å²) in [5.41, 5.74) is 3.57. The highest BCUT2D eigenvalue weighted by atomic mass is 16.7. The lowest BCUT2D eigenvalue weighted by molar-refractivity contribution is -0.150. The van der Waals surface area contributed by atoms with Gasteiger partial charge in [0.15, 0.2) is 6.29 Å². The molecule has 7 heteroatoms. The smallest absolute Gasteiger partial charge is 0.310 e. The fourth-order valence-corrected chi connectivity index (χ4v) is 5.41. The molecule has 3 rings (SSSR count). The first-order valence-corrected chi connectivity index (χ1v) is 15.4. The molecule has 0 bridgehead atoms. The van der Waals surface area contributed by atoms with Crippen LogP contribution in [-0.4, -0.2) is 30.4 Å². The molecule has 0 aliphatic carbocycles. The monoisotopic (exact) mass is 611 g/mol. The van der Waals surface area contributed by atoms with E-state index in [1.165, 1.54) is 13.3 Å². The number of benzene rings is 3. The van der Waals surface area contributed by atoms with Crippen molar-refractivity contribution in [3.63, 3.8) is 0 Å². The second-order valence-corrected chi connectivity index (χ2v) is 12.1. The van der Waals surface area contributed by atoms with Gasteiger partial charge >= 0.3 is 11.9 Å². The van der Waals surface area contributed by atoms with Gasteiger partial charge in [0.2, 0.25) is 0 Å². The topological polar surface area (TPSA) is 94.9 Å². The zero-order valence-electron chi connectivity index (χ0n) is 27.6. The summed E-state index contributed by atoms with van der Waals surface area (Å²) in [5, 5.41) is 9.81. The van der Waals surface area contributed by atoms with Crippen LogP contribution in [0.4, 0.5) is 0 Å². The Bertz CT molecular complexity index is 1420. The third kappa shape index (κ3) is 10.8. The Kier molecular flexibility index (Phi) is 12.8. The minimum absolute atomic E-state index is 0.0765. The third-order valence-electron chi connectivity index (χ3n) is 7.51. The Balaban J connectivity index is 1.87. The number of carbonyl (C=O) groups excluding carboxylic acids is 2. The minimum atomic E-state index is -0.603. The van der Waals surface area contributed by atoms with Crippen molar-refractivity contribution in [3.05, 3.63) is 108 Å². The summed E-state index contributed by atoms with van der Waals surface area (Å²) in [5.74, 6) is 0.0943. The zero-order chi connectivity index (χ0) is 33.1. The summed E-state index contributed by atoms with van der Waals surface area (Å²) in [6, 6.07) is 26.0. The van der Waals surface area contributed by atoms with Gasteiger partial charge in [0.25, 0.3) is 0 Å². The maximum absolute atomic E-state index is 12.2. The molecule has 0 aliphatic heterocycles. The summed E-state index contributed by atoms with van der Waals surface area (Å²) in [7, 11) is 0. The van der Waals surface area contributed by atoms with E-state index in [1.807, 2.05) is 62.4 Å². The summed E-state index contributed by atoms with van der Waals surface area (Å²) >= 11 is 0. The number of carbonyl (C=O) groups is 2. The van der Waals surface area contributed by atoms with Crippen LogP contribution in [0.15, 0.2) is 72.8 Å². The summed E-state index contributed by atoms with van der Waals surface area (Å²) in [4.78, 5) is 23.6. The molecule has 5 unspecified atom stereocenters. The molecule has 5 atom stereocenters. The van der Waals surface area contributed by atoms with Crippen LogP contribution in [0.25, 0.3) is 0 Å². The van der Waals surface area contributed by atoms with Crippen LogP contribution in [0.3, 0.4) is 0 Å². The van der Waals surface area contributed by atoms with Crippen molar-refractivity contribution >= 4 is 11.9 Å². The van der Waals surface area contributed by atoms with E-state index in [0.29, 0.717) is 12.4 Å². The van der Waals surface area contributed by atoms with Crippen LogP contribution in [0.1, 0.15) is 101 Å². The molecule has 0 heterocycles. The molecule has 7 nitrogen and oxygen atoms in total. The van der Waals surface area contributed by atoms with Crippen LogP contribution in [0.5, 0.6) is 11.5 Å². The van der Waals surface area contributed by atoms with Gasteiger partial charge in [-0.1, -0.05) is 62.4 Å². The van der Waals surface area contributed by atoms with Gasteiger partial charge in [-0.25, -0.2) is 0 Å². The van der Waals surface area contributed by atoms with E-state index in [-0.39, 0.29) is 30.0 Å². The third-order valence-corrected chi connectivity index (χ3v) is 7.51. The molecule has 0 fully saturated rings. The van der Waals surface area contributed by atoms with Crippen LogP contribution < -0.4 is 9.47 Å². The molecule has 0 N–H and O–H groups in total. The van der Waals surface area contributed by atoms with Gasteiger partial charge in [0.1, 0.15) is 17.1 Å². The number of nitrogens with zero attached hydrogens (tertiary/aromatic N) is 1. The fourth-order valence-electron chi connectivity index (χ4n) is 5.41. The summed E-state index contributed by atoms with van der Waals surface area (Å²) in [6.45, 7) is 15.6. The summed E-state index contributed by atoms with van der Waals surface area (Å²) in [6.07, 6.45) is 2.55. The maximum atomic E-state index is 12.2. The zero-order valence-corrected chi connectivity index (χ0v) is 27.6. The Morgan fingerprint density at radius 3 is 1.78 bits per heavy atom. The van der Waals surface area contributed by atoms with E-state index >= 15 is 0 Å². The predicted molar refractivity (Wildman–Crippen MR) is 175 cm³/mol. The first kappa shape index (κ1) is 35.3. The standard InChI is InChI=1S/C38H45NO6/c1-9-42-28(5)44-35-21-16-32(17-22-35)37(26(3)30-14-19-34(20-15-30)43-27(4)40)25(2)29-10-12-31(13-11-29)33(24-39)18-23-36(41)45-38(6,7)8/h10-23,25-26,28,33,37H,9H2,1-8H3. The van der Waals surface area contributed by atoms with Gasteiger partial charge in [-0.05, 0) is 105 Å². The highest BCUT2D eigenvalue weighted by molar-refractivity contribution is 5.81. The molecular weight excluding hydrogens is 566 g/mol. The highest BCUT2D eigenvalue weighted by Crippen LogP contribution is 2.44. The van der Waals surface area contributed by atoms with Crippen LogP contribution >= 0.6 is 0 Å². The lowest BCUT2D eigenvalue weighted by Crippen LogP contribution is -2.24. The molecule has 2 radical (unpaired) electrons. The first-order chi connectivity index (χ1) is 21.3. The second kappa shape index (κ2) is 16.2. The first-order valence-electron chi connectivity index (χ1n) is 15.4. The normalized spacial score (nSPS) is 14.7. The summed E-state index contributed by atoms with van der Waals surface area (Å²) < 4.78 is 22.0. The van der Waals surface area contributed by atoms with Crippen molar-refractivity contribution < 1.29 is 28.5 Å². The average molecular weight is 612 g/mol. The van der Waals surface area contributed by atoms with E-state index in [9.17, 15) is 14.9 Å². The van der Waals surface area contributed by atoms with Crippen LogP contribution in [0, 0.1) is 24.2 Å². The van der Waals surface area contributed by atoms with Crippen molar-refractivity contribution in [1.82, 2.24) is 0 Å². The van der Waals surface area contributed by atoms with E-state index < -0.39 is 17.5 Å². The van der Waals surface area contributed by atoms with Gasteiger partial charge in [-0.2, -0.15) is 5.26 Å². The highest BCUT2D eigenvalue weighted by Gasteiger charge is 2.28. The number of hydrogen-bond donors (Lipinski definition) is 0. The molecule has 45 heavy (non-hydrogen) atoms. The number of rotatable bonds is 14. The van der Waals surface area contributed by atoms with Crippen molar-refractivity contribution in [1.29, 1.82) is 5.26 Å². The van der Waals surface area contributed by atoms with Gasteiger partial charge in [0.05, 0.1) is 18.4 Å². The Morgan fingerprint density at radius 1 is 0.800 bits per heavy atom. The van der Waals surface area contributed by atoms with Gasteiger partial charge in [0, 0.05) is 13.5 Å². The van der Waals surface area contributed by atoms with E-state index in [1.54, 1.807) is 27.2 Å². The maximum Gasteiger partial charge on any atom is 0.310 e. The van der Waals surface area contributed by atoms with Crippen molar-refractivity contribution in [2.24, 2.45) is 0 Å². The van der Waals surface area contributed by atoms with Crippen molar-refractivity contribution in [2.45, 2.75) is 91.0 Å². The van der Waals surface area contributed by atoms with E-state index in [0.717, 1.165) is 28.0 Å². The average Bonchev–Trinajstić information content (AvgIpc) is 2.98. The van der Waals surface area contributed by atoms with Crippen molar-refractivity contribution in [2.75, 3.05) is 6.61 Å². The molecule has 0 saturated carbocycles. The van der Waals surface area contributed by atoms with Crippen LogP contribution in [0.2, 0.25) is 0 Å². The number of hydrogen-bond acceptors (Lipinski definition) is 7. The Hall–Kier alpha value is -4.15. The Labute approximate surface area is 268 Å². The molecule has 0 aliphatic rings. The molecule has 238 valence electrons. The number of esters is 2. The van der Waals surface area contributed by atoms with E-state index in [2.05, 4.69) is 44.2 Å². The molecule has 0 amide bonds. The SMILES string of the molecule is CCOC(C)Oc1ccc(C(C(C)c2ccc(OC(C)=O)cc2)C(C)c2ccc(C(C#N)[CH][CH]C(=O)OC(C)(C)C)cc2)cc1. The largest absolute Gasteiger partial charge is 0.465 e. The van der Waals surface area contributed by atoms with Crippen LogP contribution in [-0.2, 0) is 19.1 Å². The molecule has 0 saturated heterocycles. The molecular formula is C38H45NO6. The fraction of sp³-hybridized carbons (Fsp3) is 0.395. The minimum Gasteiger partial charge on any atom is -0.465 e. The predicted octanol–water partition coefficient (Wildman–Crippen LogP) is 8.42. The lowest BCUT2D eigenvalue weighted by atomic mass is 9.73. The van der Waals surface area contributed by atoms with E-state index in [4.69, 9.17) is 18.9 Å². The van der Waals surface area contributed by atoms with Gasteiger partial charge < -0.3 is 18.9 Å². The molecule has 3 aromatic rings. The van der Waals surface area contributed by atoms with Crippen molar-refractivity contribution in [3.8, 4) is 17.6 Å². The molecule has 3 aromatic carbocycles. The lowest BCUT2D eigenvalue weighted by Gasteiger charge is -2.31. The Morgan fingerprint density at radius 2 is 1.29 bits per heavy atom. The number of nitriles is 1. The number of ether oxygens (including phenoxy) is 4. The molecule has 0 aromatic heterocycles. The quantitative estimate of drug-likeness (QED) is 0.103.